The summed E-state index contributed by atoms with van der Waals surface area (Å²) < 4.78 is 26.0. The Morgan fingerprint density at radius 3 is 3.07 bits per heavy atom. The van der Waals surface area contributed by atoms with Gasteiger partial charge in [-0.3, -0.25) is 4.79 Å². The highest BCUT2D eigenvalue weighted by Crippen LogP contribution is 2.20. The fourth-order valence-corrected chi connectivity index (χ4v) is 3.63. The lowest BCUT2D eigenvalue weighted by Crippen LogP contribution is -2.28. The number of nitrogens with zero attached hydrogens (tertiary/aromatic N) is 5. The lowest BCUT2D eigenvalue weighted by atomic mass is 10.2. The molecule has 1 aliphatic heterocycles. The van der Waals surface area contributed by atoms with Gasteiger partial charge in [-0.15, -0.1) is 5.10 Å². The molecule has 8 nitrogen and oxygen atoms in total. The van der Waals surface area contributed by atoms with E-state index in [1.807, 2.05) is 0 Å². The zero-order chi connectivity index (χ0) is 19.2. The summed E-state index contributed by atoms with van der Waals surface area (Å²) >= 11 is 1.28. The first-order chi connectivity index (χ1) is 13.1. The van der Waals surface area contributed by atoms with Crippen molar-refractivity contribution in [3.05, 3.63) is 29.6 Å². The highest BCUT2D eigenvalue weighted by Gasteiger charge is 2.20. The zero-order valence-electron chi connectivity index (χ0n) is 15.3. The van der Waals surface area contributed by atoms with Crippen LogP contribution in [-0.2, 0) is 22.6 Å². The monoisotopic (exact) mass is 395 g/mol. The number of aromatic nitrogens is 4. The number of halogens is 1. The molecule has 2 aromatic rings. The van der Waals surface area contributed by atoms with Gasteiger partial charge < -0.3 is 14.4 Å². The van der Waals surface area contributed by atoms with Crippen LogP contribution >= 0.6 is 11.8 Å². The van der Waals surface area contributed by atoms with Gasteiger partial charge in [0.05, 0.1) is 25.5 Å². The molecule has 0 radical (unpaired) electrons. The molecule has 146 valence electrons. The SMILES string of the molecule is COc1ccc(CN(C)C(=O)CSc2nnnn2C[C@H]2CCCO2)cc1F. The van der Waals surface area contributed by atoms with Crippen LogP contribution in [0.25, 0.3) is 0 Å². The van der Waals surface area contributed by atoms with E-state index in [9.17, 15) is 9.18 Å². The number of thioether (sulfide) groups is 1. The molecule has 3 rings (SSSR count). The molecule has 1 aromatic carbocycles. The van der Waals surface area contributed by atoms with E-state index in [-0.39, 0.29) is 23.5 Å². The molecule has 0 bridgehead atoms. The number of tetrazole rings is 1. The van der Waals surface area contributed by atoms with Crippen molar-refractivity contribution >= 4 is 17.7 Å². The highest BCUT2D eigenvalue weighted by molar-refractivity contribution is 7.99. The number of carbonyl (C=O) groups is 1. The minimum Gasteiger partial charge on any atom is -0.494 e. The Morgan fingerprint density at radius 1 is 1.52 bits per heavy atom. The Kier molecular flexibility index (Phi) is 6.62. The third-order valence-electron chi connectivity index (χ3n) is 4.29. The molecule has 1 atom stereocenters. The first-order valence-corrected chi connectivity index (χ1v) is 9.62. The first kappa shape index (κ1) is 19.6. The van der Waals surface area contributed by atoms with Crippen molar-refractivity contribution in [2.75, 3.05) is 26.5 Å². The minimum atomic E-state index is -0.446. The van der Waals surface area contributed by atoms with Gasteiger partial charge in [0.1, 0.15) is 0 Å². The molecule has 1 aliphatic rings. The second kappa shape index (κ2) is 9.14. The number of hydrogen-bond acceptors (Lipinski definition) is 7. The summed E-state index contributed by atoms with van der Waals surface area (Å²) in [5.41, 5.74) is 0.692. The van der Waals surface area contributed by atoms with Crippen molar-refractivity contribution in [2.24, 2.45) is 0 Å². The Labute approximate surface area is 161 Å². The third kappa shape index (κ3) is 5.16. The predicted octanol–water partition coefficient (Wildman–Crippen LogP) is 1.75. The van der Waals surface area contributed by atoms with Gasteiger partial charge in [-0.05, 0) is 41.0 Å². The lowest BCUT2D eigenvalue weighted by Gasteiger charge is -2.17. The molecule has 1 aromatic heterocycles. The molecular formula is C17H22FN5O3S. The number of hydrogen-bond donors (Lipinski definition) is 0. The number of carbonyl (C=O) groups excluding carboxylic acids is 1. The molecule has 0 spiro atoms. The van der Waals surface area contributed by atoms with Gasteiger partial charge in [0.15, 0.2) is 11.6 Å². The summed E-state index contributed by atoms with van der Waals surface area (Å²) in [4.78, 5) is 13.9. The van der Waals surface area contributed by atoms with Crippen molar-refractivity contribution in [2.45, 2.75) is 37.2 Å². The summed E-state index contributed by atoms with van der Waals surface area (Å²) in [7, 11) is 3.10. The average Bonchev–Trinajstić information content (AvgIpc) is 3.32. The van der Waals surface area contributed by atoms with E-state index in [4.69, 9.17) is 9.47 Å². The average molecular weight is 395 g/mol. The van der Waals surface area contributed by atoms with Crippen LogP contribution in [0.15, 0.2) is 23.4 Å². The van der Waals surface area contributed by atoms with Gasteiger partial charge in [-0.1, -0.05) is 17.8 Å². The third-order valence-corrected chi connectivity index (χ3v) is 5.23. The summed E-state index contributed by atoms with van der Waals surface area (Å²) in [6.07, 6.45) is 2.16. The maximum Gasteiger partial charge on any atom is 0.233 e. The zero-order valence-corrected chi connectivity index (χ0v) is 16.1. The summed E-state index contributed by atoms with van der Waals surface area (Å²) in [6.45, 7) is 1.66. The Morgan fingerprint density at radius 2 is 2.37 bits per heavy atom. The molecule has 1 amide bonds. The van der Waals surface area contributed by atoms with E-state index >= 15 is 0 Å². The number of methoxy groups -OCH3 is 1. The summed E-state index contributed by atoms with van der Waals surface area (Å²) in [6, 6.07) is 4.66. The van der Waals surface area contributed by atoms with Crippen LogP contribution in [0.4, 0.5) is 4.39 Å². The van der Waals surface area contributed by atoms with Crippen molar-refractivity contribution < 1.29 is 18.7 Å². The van der Waals surface area contributed by atoms with Crippen LogP contribution in [0.1, 0.15) is 18.4 Å². The van der Waals surface area contributed by atoms with E-state index < -0.39 is 5.82 Å². The van der Waals surface area contributed by atoms with Gasteiger partial charge in [0.2, 0.25) is 11.1 Å². The summed E-state index contributed by atoms with van der Waals surface area (Å²) in [5, 5.41) is 12.2. The standard InChI is InChI=1S/C17H22FN5O3S/c1-22(9-12-5-6-15(25-2)14(18)8-12)16(24)11-27-17-19-20-21-23(17)10-13-4-3-7-26-13/h5-6,8,13H,3-4,7,9-11H2,1-2H3/t13-/m1/s1. The molecular weight excluding hydrogens is 373 g/mol. The molecule has 1 saturated heterocycles. The number of rotatable bonds is 8. The quantitative estimate of drug-likeness (QED) is 0.630. The molecule has 2 heterocycles. The second-order valence-corrected chi connectivity index (χ2v) is 7.23. The van der Waals surface area contributed by atoms with Crippen molar-refractivity contribution in [3.63, 3.8) is 0 Å². The van der Waals surface area contributed by atoms with Gasteiger partial charge >= 0.3 is 0 Å². The predicted molar refractivity (Wildman–Crippen MR) is 96.9 cm³/mol. The van der Waals surface area contributed by atoms with Crippen molar-refractivity contribution in [3.8, 4) is 5.75 Å². The maximum absolute atomic E-state index is 13.8. The van der Waals surface area contributed by atoms with Gasteiger partial charge in [0.25, 0.3) is 0 Å². The molecule has 27 heavy (non-hydrogen) atoms. The van der Waals surface area contributed by atoms with Crippen molar-refractivity contribution in [1.82, 2.24) is 25.1 Å². The fourth-order valence-electron chi connectivity index (χ4n) is 2.80. The van der Waals surface area contributed by atoms with Crippen molar-refractivity contribution in [1.29, 1.82) is 0 Å². The highest BCUT2D eigenvalue weighted by atomic mass is 32.2. The van der Waals surface area contributed by atoms with E-state index in [1.165, 1.54) is 24.9 Å². The van der Waals surface area contributed by atoms with Gasteiger partial charge in [0, 0.05) is 20.2 Å². The number of ether oxygens (including phenoxy) is 2. The number of benzene rings is 1. The van der Waals surface area contributed by atoms with Crippen LogP contribution in [0.5, 0.6) is 5.75 Å². The van der Waals surface area contributed by atoms with E-state index in [1.54, 1.807) is 28.8 Å². The molecule has 0 saturated carbocycles. The maximum atomic E-state index is 13.8. The molecule has 0 unspecified atom stereocenters. The van der Waals surface area contributed by atoms with Gasteiger partial charge in [-0.2, -0.15) is 0 Å². The molecule has 0 aliphatic carbocycles. The number of amides is 1. The smallest absolute Gasteiger partial charge is 0.233 e. The van der Waals surface area contributed by atoms with E-state index in [2.05, 4.69) is 15.5 Å². The largest absolute Gasteiger partial charge is 0.494 e. The Bertz CT molecular complexity index is 782. The molecule has 0 N–H and O–H groups in total. The molecule has 10 heteroatoms. The van der Waals surface area contributed by atoms with E-state index in [0.29, 0.717) is 23.8 Å². The van der Waals surface area contributed by atoms with Crippen LogP contribution in [-0.4, -0.2) is 63.6 Å². The van der Waals surface area contributed by atoms with Crippen LogP contribution < -0.4 is 4.74 Å². The molecule has 1 fully saturated rings. The van der Waals surface area contributed by atoms with Crippen LogP contribution in [0.3, 0.4) is 0 Å². The fraction of sp³-hybridized carbons (Fsp3) is 0.529. The van der Waals surface area contributed by atoms with Crippen LogP contribution in [0.2, 0.25) is 0 Å². The normalized spacial score (nSPS) is 16.5. The van der Waals surface area contributed by atoms with E-state index in [0.717, 1.165) is 19.4 Å². The summed E-state index contributed by atoms with van der Waals surface area (Å²) in [5.74, 6) is -0.163. The lowest BCUT2D eigenvalue weighted by molar-refractivity contribution is -0.127. The van der Waals surface area contributed by atoms with Crippen LogP contribution in [0, 0.1) is 5.82 Å². The Hall–Kier alpha value is -2.20. The minimum absolute atomic E-state index is 0.0945. The topological polar surface area (TPSA) is 82.4 Å². The first-order valence-electron chi connectivity index (χ1n) is 8.63. The van der Waals surface area contributed by atoms with Gasteiger partial charge in [-0.25, -0.2) is 9.07 Å². The Balaban J connectivity index is 1.51. The second-order valence-electron chi connectivity index (χ2n) is 6.29.